The highest BCUT2D eigenvalue weighted by atomic mass is 32.2. The highest BCUT2D eigenvalue weighted by Crippen LogP contribution is 2.29. The number of aliphatic hydroxyl groups is 1. The zero-order chi connectivity index (χ0) is 15.5. The molecule has 0 spiro atoms. The summed E-state index contributed by atoms with van der Waals surface area (Å²) in [5.74, 6) is -0.228. The van der Waals surface area contributed by atoms with Crippen LogP contribution in [0.15, 0.2) is 23.1 Å². The third kappa shape index (κ3) is 4.02. The molecule has 1 fully saturated rings. The zero-order valence-electron chi connectivity index (χ0n) is 12.2. The van der Waals surface area contributed by atoms with Gasteiger partial charge in [-0.3, -0.25) is 0 Å². The SMILES string of the molecule is Cc1ccc(S(=O)(=O)NCC2CCCCC2CO)cc1F. The maximum absolute atomic E-state index is 13.5. The van der Waals surface area contributed by atoms with Gasteiger partial charge in [-0.05, 0) is 49.3 Å². The van der Waals surface area contributed by atoms with Crippen LogP contribution in [0.2, 0.25) is 0 Å². The lowest BCUT2D eigenvalue weighted by Crippen LogP contribution is -2.35. The summed E-state index contributed by atoms with van der Waals surface area (Å²) in [6.07, 6.45) is 3.98. The summed E-state index contributed by atoms with van der Waals surface area (Å²) in [5.41, 5.74) is 0.418. The minimum Gasteiger partial charge on any atom is -0.396 e. The molecule has 6 heteroatoms. The third-order valence-corrected chi connectivity index (χ3v) is 5.71. The lowest BCUT2D eigenvalue weighted by molar-refractivity contribution is 0.136. The summed E-state index contributed by atoms with van der Waals surface area (Å²) in [6, 6.07) is 3.91. The number of benzene rings is 1. The Balaban J connectivity index is 2.05. The third-order valence-electron chi connectivity index (χ3n) is 4.29. The lowest BCUT2D eigenvalue weighted by Gasteiger charge is -2.30. The molecule has 0 bridgehead atoms. The predicted molar refractivity (Wildman–Crippen MR) is 78.9 cm³/mol. The van der Waals surface area contributed by atoms with E-state index in [1.807, 2.05) is 0 Å². The summed E-state index contributed by atoms with van der Waals surface area (Å²) in [4.78, 5) is -0.0537. The van der Waals surface area contributed by atoms with Gasteiger partial charge in [-0.25, -0.2) is 17.5 Å². The van der Waals surface area contributed by atoms with Crippen LogP contribution in [0.5, 0.6) is 0 Å². The van der Waals surface area contributed by atoms with Crippen molar-refractivity contribution in [2.75, 3.05) is 13.2 Å². The first kappa shape index (κ1) is 16.4. The Hall–Kier alpha value is -0.980. The summed E-state index contributed by atoms with van der Waals surface area (Å²) in [7, 11) is -3.70. The van der Waals surface area contributed by atoms with E-state index < -0.39 is 15.8 Å². The number of aryl methyl sites for hydroxylation is 1. The lowest BCUT2D eigenvalue weighted by atomic mass is 9.80. The Morgan fingerprint density at radius 3 is 2.57 bits per heavy atom. The van der Waals surface area contributed by atoms with Gasteiger partial charge >= 0.3 is 0 Å². The Morgan fingerprint density at radius 2 is 1.95 bits per heavy atom. The molecule has 0 aliphatic heterocycles. The van der Waals surface area contributed by atoms with Gasteiger partial charge in [0.05, 0.1) is 4.90 Å². The van der Waals surface area contributed by atoms with Crippen LogP contribution in [-0.2, 0) is 10.0 Å². The van der Waals surface area contributed by atoms with Crippen LogP contribution in [0.4, 0.5) is 4.39 Å². The van der Waals surface area contributed by atoms with Crippen molar-refractivity contribution >= 4 is 10.0 Å². The van der Waals surface area contributed by atoms with Crippen molar-refractivity contribution in [3.63, 3.8) is 0 Å². The summed E-state index contributed by atoms with van der Waals surface area (Å²) in [5, 5.41) is 9.35. The van der Waals surface area contributed by atoms with Crippen molar-refractivity contribution in [3.05, 3.63) is 29.6 Å². The Bertz CT molecular complexity index is 589. The fourth-order valence-corrected chi connectivity index (χ4v) is 3.94. The average Bonchev–Trinajstić information content (AvgIpc) is 2.48. The number of hydrogen-bond acceptors (Lipinski definition) is 3. The molecule has 2 atom stereocenters. The second kappa shape index (κ2) is 6.85. The smallest absolute Gasteiger partial charge is 0.240 e. The van der Waals surface area contributed by atoms with E-state index in [1.54, 1.807) is 6.92 Å². The van der Waals surface area contributed by atoms with E-state index in [0.29, 0.717) is 12.1 Å². The van der Waals surface area contributed by atoms with Crippen LogP contribution in [0.1, 0.15) is 31.2 Å². The molecule has 0 amide bonds. The standard InChI is InChI=1S/C15H22FNO3S/c1-11-6-7-14(8-15(11)16)21(19,20)17-9-12-4-2-3-5-13(12)10-18/h6-8,12-13,17-18H,2-5,9-10H2,1H3. The van der Waals surface area contributed by atoms with Crippen molar-refractivity contribution in [2.45, 2.75) is 37.5 Å². The fraction of sp³-hybridized carbons (Fsp3) is 0.600. The molecule has 118 valence electrons. The molecule has 0 aromatic heterocycles. The van der Waals surface area contributed by atoms with E-state index in [4.69, 9.17) is 0 Å². The monoisotopic (exact) mass is 315 g/mol. The quantitative estimate of drug-likeness (QED) is 0.875. The number of halogens is 1. The van der Waals surface area contributed by atoms with Gasteiger partial charge in [0.25, 0.3) is 0 Å². The first-order valence-electron chi connectivity index (χ1n) is 7.30. The molecule has 1 saturated carbocycles. The van der Waals surface area contributed by atoms with Crippen LogP contribution in [0.3, 0.4) is 0 Å². The van der Waals surface area contributed by atoms with Gasteiger partial charge in [-0.1, -0.05) is 18.9 Å². The number of sulfonamides is 1. The predicted octanol–water partition coefficient (Wildman–Crippen LogP) is 2.21. The summed E-state index contributed by atoms with van der Waals surface area (Å²) < 4.78 is 40.4. The molecule has 0 radical (unpaired) electrons. The van der Waals surface area contributed by atoms with Gasteiger partial charge in [-0.15, -0.1) is 0 Å². The van der Waals surface area contributed by atoms with E-state index in [1.165, 1.54) is 12.1 Å². The maximum Gasteiger partial charge on any atom is 0.240 e. The molecule has 1 aromatic carbocycles. The van der Waals surface area contributed by atoms with Gasteiger partial charge < -0.3 is 5.11 Å². The van der Waals surface area contributed by atoms with Gasteiger partial charge in [0.1, 0.15) is 5.82 Å². The molecular weight excluding hydrogens is 293 g/mol. The molecule has 2 N–H and O–H groups in total. The Labute approximate surface area is 125 Å². The first-order valence-corrected chi connectivity index (χ1v) is 8.79. The second-order valence-electron chi connectivity index (χ2n) is 5.75. The zero-order valence-corrected chi connectivity index (χ0v) is 13.0. The van der Waals surface area contributed by atoms with E-state index >= 15 is 0 Å². The summed E-state index contributed by atoms with van der Waals surface area (Å²) in [6.45, 7) is 1.97. The van der Waals surface area contributed by atoms with Gasteiger partial charge in [-0.2, -0.15) is 0 Å². The van der Waals surface area contributed by atoms with Crippen LogP contribution in [-0.4, -0.2) is 26.7 Å². The summed E-state index contributed by atoms with van der Waals surface area (Å²) >= 11 is 0. The van der Waals surface area contributed by atoms with Gasteiger partial charge in [0.15, 0.2) is 0 Å². The first-order chi connectivity index (χ1) is 9.94. The van der Waals surface area contributed by atoms with Crippen molar-refractivity contribution in [1.29, 1.82) is 0 Å². The van der Waals surface area contributed by atoms with Crippen LogP contribution in [0, 0.1) is 24.6 Å². The minimum absolute atomic E-state index is 0.0537. The van der Waals surface area contributed by atoms with Crippen molar-refractivity contribution in [2.24, 2.45) is 11.8 Å². The molecule has 1 aliphatic rings. The Kier molecular flexibility index (Phi) is 5.35. The Morgan fingerprint density at radius 1 is 1.29 bits per heavy atom. The normalized spacial score (nSPS) is 23.2. The van der Waals surface area contributed by atoms with Crippen LogP contribution in [0.25, 0.3) is 0 Å². The van der Waals surface area contributed by atoms with Crippen molar-refractivity contribution in [1.82, 2.24) is 4.72 Å². The van der Waals surface area contributed by atoms with Crippen LogP contribution < -0.4 is 4.72 Å². The highest BCUT2D eigenvalue weighted by molar-refractivity contribution is 7.89. The average molecular weight is 315 g/mol. The van der Waals surface area contributed by atoms with Crippen molar-refractivity contribution < 1.29 is 17.9 Å². The largest absolute Gasteiger partial charge is 0.396 e. The van der Waals surface area contributed by atoms with E-state index in [9.17, 15) is 17.9 Å². The maximum atomic E-state index is 13.5. The van der Waals surface area contributed by atoms with E-state index in [-0.39, 0.29) is 23.3 Å². The molecule has 4 nitrogen and oxygen atoms in total. The number of hydrogen-bond donors (Lipinski definition) is 2. The fourth-order valence-electron chi connectivity index (χ4n) is 2.83. The molecule has 0 heterocycles. The second-order valence-corrected chi connectivity index (χ2v) is 7.52. The molecular formula is C15H22FNO3S. The number of rotatable bonds is 5. The molecule has 2 unspecified atom stereocenters. The highest BCUT2D eigenvalue weighted by Gasteiger charge is 2.26. The molecule has 1 aliphatic carbocycles. The van der Waals surface area contributed by atoms with Crippen molar-refractivity contribution in [3.8, 4) is 0 Å². The van der Waals surface area contributed by atoms with E-state index in [0.717, 1.165) is 31.7 Å². The van der Waals surface area contributed by atoms with Gasteiger partial charge in [0, 0.05) is 13.2 Å². The van der Waals surface area contributed by atoms with Crippen LogP contribution >= 0.6 is 0 Å². The van der Waals surface area contributed by atoms with E-state index in [2.05, 4.69) is 4.72 Å². The topological polar surface area (TPSA) is 66.4 Å². The molecule has 21 heavy (non-hydrogen) atoms. The number of nitrogens with one attached hydrogen (secondary N) is 1. The number of aliphatic hydroxyl groups excluding tert-OH is 1. The van der Waals surface area contributed by atoms with Gasteiger partial charge in [0.2, 0.25) is 10.0 Å². The molecule has 2 rings (SSSR count). The minimum atomic E-state index is -3.70. The molecule has 1 aromatic rings. The molecule has 0 saturated heterocycles.